The summed E-state index contributed by atoms with van der Waals surface area (Å²) in [5.41, 5.74) is 0. The standard InChI is InChI=1S/2C3F6O.O3S.H2O/c2*4-2(5,6)1(10)3(7,8)9;1-4(2)3;/h;;;1H2. The second kappa shape index (κ2) is 10.2. The Morgan fingerprint density at radius 2 is 0.560 bits per heavy atom. The van der Waals surface area contributed by atoms with Gasteiger partial charge in [0.15, 0.2) is 0 Å². The molecule has 19 heteroatoms. The molecule has 0 amide bonds. The van der Waals surface area contributed by atoms with E-state index in [9.17, 15) is 62.3 Å². The Labute approximate surface area is 128 Å². The smallest absolute Gasteiger partial charge is 0.412 e. The normalized spacial score (nSPS) is 11.7. The highest BCUT2D eigenvalue weighted by Gasteiger charge is 2.56. The number of alkyl halides is 12. The van der Waals surface area contributed by atoms with Crippen LogP contribution < -0.4 is 0 Å². The number of hydrogen-bond donors (Lipinski definition) is 0. The minimum atomic E-state index is -5.82. The zero-order chi connectivity index (χ0) is 20.7. The van der Waals surface area contributed by atoms with Crippen LogP contribution in [0.2, 0.25) is 0 Å². The van der Waals surface area contributed by atoms with Gasteiger partial charge in [-0.1, -0.05) is 0 Å². The molecular weight excluding hydrogens is 428 g/mol. The van der Waals surface area contributed by atoms with Gasteiger partial charge in [0.1, 0.15) is 0 Å². The number of carbonyl (C=O) groups excluding carboxylic acids is 2. The van der Waals surface area contributed by atoms with Crippen molar-refractivity contribution in [1.82, 2.24) is 0 Å². The minimum Gasteiger partial charge on any atom is -0.412 e. The summed E-state index contributed by atoms with van der Waals surface area (Å²) in [6.45, 7) is 0. The molecule has 6 nitrogen and oxygen atoms in total. The summed E-state index contributed by atoms with van der Waals surface area (Å²) >= 11 is 0. The molecule has 0 saturated carbocycles. The summed E-state index contributed by atoms with van der Waals surface area (Å²) in [7, 11) is -3.11. The van der Waals surface area contributed by atoms with Crippen LogP contribution in [0.1, 0.15) is 0 Å². The van der Waals surface area contributed by atoms with E-state index in [1.807, 2.05) is 0 Å². The summed E-state index contributed by atoms with van der Waals surface area (Å²) in [5.74, 6) is -7.36. The van der Waals surface area contributed by atoms with Crippen LogP contribution >= 0.6 is 0 Å². The quantitative estimate of drug-likeness (QED) is 0.541. The molecule has 0 spiro atoms. The van der Waals surface area contributed by atoms with Crippen LogP contribution in [0.15, 0.2) is 0 Å². The molecule has 0 radical (unpaired) electrons. The molecule has 0 aliphatic rings. The topological polar surface area (TPSA) is 117 Å². The van der Waals surface area contributed by atoms with Crippen molar-refractivity contribution in [3.05, 3.63) is 0 Å². The van der Waals surface area contributed by atoms with Crippen molar-refractivity contribution in [2.45, 2.75) is 24.7 Å². The fourth-order valence-corrected chi connectivity index (χ4v) is 0.321. The maximum Gasteiger partial charge on any atom is 0.459 e. The Hall–Kier alpha value is -1.92. The van der Waals surface area contributed by atoms with Gasteiger partial charge in [-0.05, 0) is 0 Å². The fraction of sp³-hybridized carbons (Fsp3) is 0.667. The van der Waals surface area contributed by atoms with Gasteiger partial charge in [0.05, 0.1) is 0 Å². The Bertz CT molecular complexity index is 459. The summed E-state index contributed by atoms with van der Waals surface area (Å²) in [4.78, 5) is 18.5. The third kappa shape index (κ3) is 18.3. The van der Waals surface area contributed by atoms with E-state index >= 15 is 0 Å². The van der Waals surface area contributed by atoms with Crippen molar-refractivity contribution >= 4 is 22.2 Å². The monoisotopic (exact) mass is 430 g/mol. The summed E-state index contributed by atoms with van der Waals surface area (Å²) in [5, 5.41) is 0. The lowest BCUT2D eigenvalue weighted by molar-refractivity contribution is -0.217. The van der Waals surface area contributed by atoms with E-state index in [4.69, 9.17) is 12.6 Å². The number of carbonyl (C=O) groups is 2. The van der Waals surface area contributed by atoms with Crippen molar-refractivity contribution in [3.63, 3.8) is 0 Å². The van der Waals surface area contributed by atoms with Crippen LogP contribution in [0.3, 0.4) is 0 Å². The molecule has 0 rings (SSSR count). The molecule has 0 fully saturated rings. The number of Topliss-reactive ketones (excluding diaryl/α,β-unsaturated/α-hetero) is 2. The summed E-state index contributed by atoms with van der Waals surface area (Å²) < 4.78 is 156. The number of halogens is 12. The van der Waals surface area contributed by atoms with Gasteiger partial charge in [0, 0.05) is 0 Å². The summed E-state index contributed by atoms with van der Waals surface area (Å²) in [6, 6.07) is 0. The van der Waals surface area contributed by atoms with Gasteiger partial charge in [-0.2, -0.15) is 52.7 Å². The molecule has 0 aromatic rings. The zero-order valence-corrected chi connectivity index (χ0v) is 11.3. The predicted octanol–water partition coefficient (Wildman–Crippen LogP) is 1.53. The first-order valence-corrected chi connectivity index (χ1v) is 5.18. The molecule has 0 aromatic heterocycles. The van der Waals surface area contributed by atoms with Crippen molar-refractivity contribution in [2.75, 3.05) is 0 Å². The fourth-order valence-electron chi connectivity index (χ4n) is 0.321. The van der Waals surface area contributed by atoms with Crippen LogP contribution in [0, 0.1) is 0 Å². The van der Waals surface area contributed by atoms with E-state index in [0.29, 0.717) is 0 Å². The zero-order valence-electron chi connectivity index (χ0n) is 10.5. The van der Waals surface area contributed by atoms with Crippen molar-refractivity contribution in [2.24, 2.45) is 0 Å². The Balaban J connectivity index is -0.000000141. The molecule has 2 N–H and O–H groups in total. The van der Waals surface area contributed by atoms with Crippen LogP contribution in [-0.2, 0) is 20.2 Å². The van der Waals surface area contributed by atoms with E-state index in [1.54, 1.807) is 0 Å². The van der Waals surface area contributed by atoms with E-state index in [1.165, 1.54) is 0 Å². The highest BCUT2D eigenvalue weighted by Crippen LogP contribution is 2.28. The lowest BCUT2D eigenvalue weighted by Crippen LogP contribution is -2.36. The van der Waals surface area contributed by atoms with Crippen molar-refractivity contribution in [1.29, 1.82) is 0 Å². The Morgan fingerprint density at radius 1 is 0.480 bits per heavy atom. The summed E-state index contributed by atoms with van der Waals surface area (Å²) in [6.07, 6.45) is -23.3. The average Bonchev–Trinajstić information content (AvgIpc) is 2.22. The molecule has 0 aromatic carbocycles. The first-order chi connectivity index (χ1) is 10.0. The largest absolute Gasteiger partial charge is 0.459 e. The van der Waals surface area contributed by atoms with E-state index in [0.717, 1.165) is 0 Å². The average molecular weight is 430 g/mol. The molecule has 0 bridgehead atoms. The van der Waals surface area contributed by atoms with Crippen LogP contribution in [0.25, 0.3) is 0 Å². The molecule has 25 heavy (non-hydrogen) atoms. The lowest BCUT2D eigenvalue weighted by Gasteiger charge is -2.06. The first-order valence-electron chi connectivity index (χ1n) is 4.18. The maximum absolute atomic E-state index is 10.9. The third-order valence-corrected chi connectivity index (χ3v) is 1.03. The minimum absolute atomic E-state index is 0. The molecule has 0 atom stereocenters. The lowest BCUT2D eigenvalue weighted by atomic mass is 10.4. The third-order valence-electron chi connectivity index (χ3n) is 1.03. The molecule has 0 aliphatic carbocycles. The van der Waals surface area contributed by atoms with Gasteiger partial charge in [0.25, 0.3) is 0 Å². The van der Waals surface area contributed by atoms with E-state index < -0.39 is 46.9 Å². The van der Waals surface area contributed by atoms with Gasteiger partial charge in [-0.15, -0.1) is 12.6 Å². The predicted molar refractivity (Wildman–Crippen MR) is 47.5 cm³/mol. The van der Waals surface area contributed by atoms with Crippen LogP contribution in [0.5, 0.6) is 0 Å². The second-order valence-corrected chi connectivity index (χ2v) is 3.26. The van der Waals surface area contributed by atoms with Gasteiger partial charge < -0.3 is 5.48 Å². The number of hydrogen-bond acceptors (Lipinski definition) is 5. The van der Waals surface area contributed by atoms with Crippen LogP contribution in [0.4, 0.5) is 52.7 Å². The van der Waals surface area contributed by atoms with Gasteiger partial charge >= 0.3 is 46.9 Å². The highest BCUT2D eigenvalue weighted by molar-refractivity contribution is 7.59. The molecule has 0 saturated heterocycles. The molecule has 0 heterocycles. The second-order valence-electron chi connectivity index (χ2n) is 2.85. The number of rotatable bonds is 0. The molecule has 0 aliphatic heterocycles. The molecule has 152 valence electrons. The highest BCUT2D eigenvalue weighted by atomic mass is 32.2. The maximum atomic E-state index is 10.9. The van der Waals surface area contributed by atoms with Crippen LogP contribution in [-0.4, -0.2) is 54.4 Å². The van der Waals surface area contributed by atoms with Gasteiger partial charge in [-0.25, -0.2) is 0 Å². The number of ketones is 2. The van der Waals surface area contributed by atoms with Gasteiger partial charge in [-0.3, -0.25) is 9.59 Å². The van der Waals surface area contributed by atoms with Crippen molar-refractivity contribution in [3.8, 4) is 0 Å². The first kappa shape index (κ1) is 30.9. The molecule has 0 unspecified atom stereocenters. The van der Waals surface area contributed by atoms with Gasteiger partial charge in [0.2, 0.25) is 0 Å². The molecular formula is C6H2F12O6S. The Morgan fingerprint density at radius 3 is 0.560 bits per heavy atom. The SMILES string of the molecule is O.O=C(C(F)(F)F)C(F)(F)F.O=C(C(F)(F)F)C(F)(F)F.O=S(=O)=O. The van der Waals surface area contributed by atoms with Crippen molar-refractivity contribution < 1.29 is 80.4 Å². The Kier molecular flexibility index (Phi) is 12.6. The van der Waals surface area contributed by atoms with E-state index in [-0.39, 0.29) is 5.48 Å². The van der Waals surface area contributed by atoms with E-state index in [2.05, 4.69) is 0 Å².